The average Bonchev–Trinajstić information content (AvgIpc) is 1.94. The number of thioether (sulfide) groups is 1. The van der Waals surface area contributed by atoms with Crippen molar-refractivity contribution >= 4 is 16.9 Å². The van der Waals surface area contributed by atoms with Gasteiger partial charge < -0.3 is 5.32 Å². The molecule has 0 aliphatic carbocycles. The molecule has 0 fully saturated rings. The molecular formula is C5H7NOS. The van der Waals surface area contributed by atoms with Gasteiger partial charge >= 0.3 is 0 Å². The molecule has 0 unspecified atom stereocenters. The molecule has 1 heterocycles. The lowest BCUT2D eigenvalue weighted by Crippen LogP contribution is -2.06. The van der Waals surface area contributed by atoms with Crippen LogP contribution in [0.2, 0.25) is 0 Å². The Morgan fingerprint density at radius 1 is 1.75 bits per heavy atom. The van der Waals surface area contributed by atoms with Gasteiger partial charge in [0.2, 0.25) is 5.12 Å². The third kappa shape index (κ3) is 1.58. The zero-order chi connectivity index (χ0) is 5.82. The van der Waals surface area contributed by atoms with E-state index in [1.807, 2.05) is 0 Å². The summed E-state index contributed by atoms with van der Waals surface area (Å²) >= 11 is 1.35. The molecule has 0 saturated carbocycles. The van der Waals surface area contributed by atoms with Gasteiger partial charge in [0.1, 0.15) is 0 Å². The predicted octanol–water partition coefficient (Wildman–Crippen LogP) is 0.363. The smallest absolute Gasteiger partial charge is 0.213 e. The summed E-state index contributed by atoms with van der Waals surface area (Å²) in [6, 6.07) is 0. The molecule has 2 nitrogen and oxygen atoms in total. The van der Waals surface area contributed by atoms with Crippen molar-refractivity contribution in [1.29, 1.82) is 0 Å². The maximum absolute atomic E-state index is 10.5. The van der Waals surface area contributed by atoms with Crippen molar-refractivity contribution in [2.24, 2.45) is 0 Å². The molecule has 1 aliphatic rings. The van der Waals surface area contributed by atoms with Crippen LogP contribution in [0.5, 0.6) is 0 Å². The van der Waals surface area contributed by atoms with E-state index in [0.717, 1.165) is 12.3 Å². The molecule has 0 aromatic rings. The van der Waals surface area contributed by atoms with Gasteiger partial charge in [0, 0.05) is 24.6 Å². The van der Waals surface area contributed by atoms with Crippen molar-refractivity contribution < 1.29 is 4.79 Å². The molecule has 0 bridgehead atoms. The fraction of sp³-hybridized carbons (Fsp3) is 0.400. The first-order valence-electron chi connectivity index (χ1n) is 2.46. The van der Waals surface area contributed by atoms with Crippen molar-refractivity contribution in [3.8, 4) is 0 Å². The van der Waals surface area contributed by atoms with Crippen molar-refractivity contribution in [1.82, 2.24) is 5.32 Å². The van der Waals surface area contributed by atoms with Crippen LogP contribution in [-0.2, 0) is 4.79 Å². The van der Waals surface area contributed by atoms with Crippen LogP contribution in [0.25, 0.3) is 0 Å². The van der Waals surface area contributed by atoms with Crippen molar-refractivity contribution in [3.05, 3.63) is 12.3 Å². The van der Waals surface area contributed by atoms with Crippen molar-refractivity contribution in [3.63, 3.8) is 0 Å². The molecule has 0 aromatic carbocycles. The van der Waals surface area contributed by atoms with E-state index in [-0.39, 0.29) is 5.12 Å². The van der Waals surface area contributed by atoms with Gasteiger partial charge in [0.05, 0.1) is 0 Å². The zero-order valence-corrected chi connectivity index (χ0v) is 5.20. The van der Waals surface area contributed by atoms with Crippen LogP contribution in [0.15, 0.2) is 12.3 Å². The van der Waals surface area contributed by atoms with E-state index in [4.69, 9.17) is 0 Å². The van der Waals surface area contributed by atoms with Gasteiger partial charge in [-0.3, -0.25) is 4.79 Å². The largest absolute Gasteiger partial charge is 0.390 e. The molecular weight excluding hydrogens is 122 g/mol. The lowest BCUT2D eigenvalue weighted by molar-refractivity contribution is -0.107. The van der Waals surface area contributed by atoms with Crippen LogP contribution >= 0.6 is 11.8 Å². The molecule has 0 atom stereocenters. The van der Waals surface area contributed by atoms with Gasteiger partial charge in [-0.05, 0) is 0 Å². The predicted molar refractivity (Wildman–Crippen MR) is 34.6 cm³/mol. The van der Waals surface area contributed by atoms with Crippen LogP contribution in [0.1, 0.15) is 0 Å². The first-order valence-corrected chi connectivity index (χ1v) is 3.45. The monoisotopic (exact) mass is 129 g/mol. The van der Waals surface area contributed by atoms with Crippen LogP contribution in [0.3, 0.4) is 0 Å². The Bertz CT molecular complexity index is 122. The van der Waals surface area contributed by atoms with Crippen LogP contribution in [-0.4, -0.2) is 17.4 Å². The second-order valence-electron chi connectivity index (χ2n) is 1.45. The number of nitrogens with one attached hydrogen (secondary N) is 1. The standard InChI is InChI=1S/C5H7NOS/c7-5-1-2-6-3-4-8-5/h1-2,6H,3-4H2. The second kappa shape index (κ2) is 2.77. The molecule has 0 spiro atoms. The van der Waals surface area contributed by atoms with Gasteiger partial charge in [0.25, 0.3) is 0 Å². The van der Waals surface area contributed by atoms with E-state index in [1.165, 1.54) is 11.8 Å². The lowest BCUT2D eigenvalue weighted by Gasteiger charge is -1.89. The molecule has 1 N–H and O–H groups in total. The summed E-state index contributed by atoms with van der Waals surface area (Å²) in [6.07, 6.45) is 3.25. The molecule has 0 amide bonds. The molecule has 1 rings (SSSR count). The lowest BCUT2D eigenvalue weighted by atomic mass is 10.6. The summed E-state index contributed by atoms with van der Waals surface area (Å²) in [6.45, 7) is 0.896. The number of carbonyl (C=O) groups excluding carboxylic acids is 1. The Labute approximate surface area is 52.3 Å². The van der Waals surface area contributed by atoms with E-state index in [2.05, 4.69) is 5.32 Å². The first kappa shape index (κ1) is 5.69. The Balaban J connectivity index is 2.44. The molecule has 3 heteroatoms. The number of hydrogen-bond acceptors (Lipinski definition) is 3. The number of rotatable bonds is 0. The van der Waals surface area contributed by atoms with Gasteiger partial charge in [0.15, 0.2) is 0 Å². The Kier molecular flexibility index (Phi) is 1.97. The summed E-state index contributed by atoms with van der Waals surface area (Å²) in [7, 11) is 0. The van der Waals surface area contributed by atoms with Crippen LogP contribution in [0, 0.1) is 0 Å². The van der Waals surface area contributed by atoms with Gasteiger partial charge in [-0.1, -0.05) is 11.8 Å². The molecule has 8 heavy (non-hydrogen) atoms. The minimum absolute atomic E-state index is 0.148. The molecule has 0 aromatic heterocycles. The topological polar surface area (TPSA) is 29.1 Å². The maximum Gasteiger partial charge on any atom is 0.213 e. The van der Waals surface area contributed by atoms with Gasteiger partial charge in [-0.2, -0.15) is 0 Å². The van der Waals surface area contributed by atoms with Crippen LogP contribution in [0.4, 0.5) is 0 Å². The number of carbonyl (C=O) groups is 1. The highest BCUT2D eigenvalue weighted by atomic mass is 32.2. The van der Waals surface area contributed by atoms with E-state index in [1.54, 1.807) is 12.3 Å². The minimum Gasteiger partial charge on any atom is -0.390 e. The van der Waals surface area contributed by atoms with E-state index >= 15 is 0 Å². The highest BCUT2D eigenvalue weighted by Crippen LogP contribution is 2.02. The summed E-state index contributed by atoms with van der Waals surface area (Å²) in [5, 5.41) is 3.10. The molecule has 0 radical (unpaired) electrons. The Morgan fingerprint density at radius 3 is 3.50 bits per heavy atom. The summed E-state index contributed by atoms with van der Waals surface area (Å²) in [5.41, 5.74) is 0. The first-order chi connectivity index (χ1) is 3.89. The zero-order valence-electron chi connectivity index (χ0n) is 4.39. The normalized spacial score (nSPS) is 19.8. The van der Waals surface area contributed by atoms with E-state index in [9.17, 15) is 4.79 Å². The van der Waals surface area contributed by atoms with E-state index < -0.39 is 0 Å². The number of hydrogen-bond donors (Lipinski definition) is 1. The van der Waals surface area contributed by atoms with Gasteiger partial charge in [-0.25, -0.2) is 0 Å². The molecule has 0 saturated heterocycles. The summed E-state index contributed by atoms with van der Waals surface area (Å²) in [5.74, 6) is 0.881. The Morgan fingerprint density at radius 2 is 2.62 bits per heavy atom. The van der Waals surface area contributed by atoms with Crippen LogP contribution < -0.4 is 5.32 Å². The molecule has 1 aliphatic heterocycles. The quantitative estimate of drug-likeness (QED) is 0.512. The summed E-state index contributed by atoms with van der Waals surface area (Å²) < 4.78 is 0. The second-order valence-corrected chi connectivity index (χ2v) is 2.55. The Hall–Kier alpha value is -0.440. The fourth-order valence-electron chi connectivity index (χ4n) is 0.469. The molecule has 44 valence electrons. The fourth-order valence-corrected chi connectivity index (χ4v) is 1.05. The third-order valence-corrected chi connectivity index (χ3v) is 1.66. The SMILES string of the molecule is O=C1C=CNCCS1. The minimum atomic E-state index is 0.148. The van der Waals surface area contributed by atoms with Gasteiger partial charge in [-0.15, -0.1) is 0 Å². The highest BCUT2D eigenvalue weighted by Gasteiger charge is 1.98. The summed E-state index contributed by atoms with van der Waals surface area (Å²) in [4.78, 5) is 10.5. The van der Waals surface area contributed by atoms with E-state index in [0.29, 0.717) is 0 Å². The average molecular weight is 129 g/mol. The van der Waals surface area contributed by atoms with Crippen molar-refractivity contribution in [2.45, 2.75) is 0 Å². The highest BCUT2D eigenvalue weighted by molar-refractivity contribution is 8.14. The third-order valence-electron chi connectivity index (χ3n) is 0.828. The maximum atomic E-state index is 10.5. The van der Waals surface area contributed by atoms with Crippen molar-refractivity contribution in [2.75, 3.05) is 12.3 Å².